The summed E-state index contributed by atoms with van der Waals surface area (Å²) in [6.45, 7) is 0.514. The van der Waals surface area contributed by atoms with Crippen LogP contribution in [0.25, 0.3) is 0 Å². The van der Waals surface area contributed by atoms with Crippen molar-refractivity contribution in [1.29, 1.82) is 0 Å². The van der Waals surface area contributed by atoms with Crippen LogP contribution in [0.4, 0.5) is 10.5 Å². The van der Waals surface area contributed by atoms with Gasteiger partial charge in [0.25, 0.3) is 0 Å². The third-order valence-electron chi connectivity index (χ3n) is 3.35. The summed E-state index contributed by atoms with van der Waals surface area (Å²) < 4.78 is 4.76. The zero-order valence-electron chi connectivity index (χ0n) is 11.6. The van der Waals surface area contributed by atoms with Crippen LogP contribution in [0, 0.1) is 0 Å². The SMILES string of the molecule is COC(=O)C1CCCCN1C(=O)Nc1cc(Cl)cc(Cl)c1. The van der Waals surface area contributed by atoms with Gasteiger partial charge in [-0.25, -0.2) is 9.59 Å². The highest BCUT2D eigenvalue weighted by molar-refractivity contribution is 6.35. The van der Waals surface area contributed by atoms with Crippen LogP contribution in [0.5, 0.6) is 0 Å². The molecule has 1 saturated heterocycles. The Morgan fingerprint density at radius 2 is 1.90 bits per heavy atom. The first-order valence-electron chi connectivity index (χ1n) is 6.63. The van der Waals surface area contributed by atoms with Gasteiger partial charge in [-0.3, -0.25) is 0 Å². The van der Waals surface area contributed by atoms with Crippen LogP contribution in [0.15, 0.2) is 18.2 Å². The molecular weight excluding hydrogens is 315 g/mol. The number of ether oxygens (including phenoxy) is 1. The van der Waals surface area contributed by atoms with Crippen molar-refractivity contribution in [3.63, 3.8) is 0 Å². The lowest BCUT2D eigenvalue weighted by molar-refractivity contribution is -0.146. The average Bonchev–Trinajstić information content (AvgIpc) is 2.45. The second-order valence-corrected chi connectivity index (χ2v) is 5.69. The predicted octanol–water partition coefficient (Wildman–Crippen LogP) is 3.55. The fourth-order valence-corrected chi connectivity index (χ4v) is 2.90. The van der Waals surface area contributed by atoms with Crippen LogP contribution < -0.4 is 5.32 Å². The number of methoxy groups -OCH3 is 1. The summed E-state index contributed by atoms with van der Waals surface area (Å²) in [7, 11) is 1.32. The fourth-order valence-electron chi connectivity index (χ4n) is 2.38. The lowest BCUT2D eigenvalue weighted by Crippen LogP contribution is -2.50. The van der Waals surface area contributed by atoms with Crippen molar-refractivity contribution in [2.45, 2.75) is 25.3 Å². The summed E-state index contributed by atoms with van der Waals surface area (Å²) >= 11 is 11.8. The molecule has 0 radical (unpaired) electrons. The molecule has 1 aromatic carbocycles. The van der Waals surface area contributed by atoms with E-state index in [-0.39, 0.29) is 6.03 Å². The zero-order valence-corrected chi connectivity index (χ0v) is 13.1. The molecule has 0 bridgehead atoms. The minimum Gasteiger partial charge on any atom is -0.467 e. The molecule has 0 saturated carbocycles. The summed E-state index contributed by atoms with van der Waals surface area (Å²) in [5, 5.41) is 3.58. The molecular formula is C14H16Cl2N2O3. The fraction of sp³-hybridized carbons (Fsp3) is 0.429. The smallest absolute Gasteiger partial charge is 0.328 e. The van der Waals surface area contributed by atoms with Gasteiger partial charge < -0.3 is 15.0 Å². The molecule has 0 aliphatic carbocycles. The molecule has 114 valence electrons. The largest absolute Gasteiger partial charge is 0.467 e. The van der Waals surface area contributed by atoms with Crippen LogP contribution in [-0.4, -0.2) is 36.6 Å². The van der Waals surface area contributed by atoms with Gasteiger partial charge in [-0.15, -0.1) is 0 Å². The van der Waals surface area contributed by atoms with Gasteiger partial charge in [0.2, 0.25) is 0 Å². The number of amides is 2. The maximum absolute atomic E-state index is 12.3. The first kappa shape index (κ1) is 15.9. The van der Waals surface area contributed by atoms with E-state index in [9.17, 15) is 9.59 Å². The Kier molecular flexibility index (Phi) is 5.31. The first-order valence-corrected chi connectivity index (χ1v) is 7.38. The third-order valence-corrected chi connectivity index (χ3v) is 3.79. The molecule has 1 aliphatic rings. The lowest BCUT2D eigenvalue weighted by atomic mass is 10.0. The molecule has 7 heteroatoms. The molecule has 1 N–H and O–H groups in total. The van der Waals surface area contributed by atoms with Crippen molar-refractivity contribution in [2.24, 2.45) is 0 Å². The van der Waals surface area contributed by atoms with E-state index in [0.29, 0.717) is 28.7 Å². The second kappa shape index (κ2) is 7.00. The second-order valence-electron chi connectivity index (χ2n) is 4.82. The van der Waals surface area contributed by atoms with Gasteiger partial charge in [0.05, 0.1) is 7.11 Å². The molecule has 1 fully saturated rings. The predicted molar refractivity (Wildman–Crippen MR) is 81.8 cm³/mol. The molecule has 2 amide bonds. The van der Waals surface area contributed by atoms with E-state index in [1.165, 1.54) is 12.0 Å². The standard InChI is InChI=1S/C14H16Cl2N2O3/c1-21-13(19)12-4-2-3-5-18(12)14(20)17-11-7-9(15)6-10(16)8-11/h6-8,12H,2-5H2,1H3,(H,17,20). The molecule has 0 aromatic heterocycles. The van der Waals surface area contributed by atoms with Gasteiger partial charge in [-0.05, 0) is 37.5 Å². The topological polar surface area (TPSA) is 58.6 Å². The first-order chi connectivity index (χ1) is 10.0. The number of hydrogen-bond acceptors (Lipinski definition) is 3. The average molecular weight is 331 g/mol. The number of hydrogen-bond donors (Lipinski definition) is 1. The molecule has 2 rings (SSSR count). The van der Waals surface area contributed by atoms with E-state index in [1.54, 1.807) is 18.2 Å². The Hall–Kier alpha value is -1.46. The van der Waals surface area contributed by atoms with Crippen molar-refractivity contribution in [2.75, 3.05) is 19.0 Å². The minimum atomic E-state index is -0.543. The summed E-state index contributed by atoms with van der Waals surface area (Å²) in [5.41, 5.74) is 0.492. The molecule has 5 nitrogen and oxygen atoms in total. The van der Waals surface area contributed by atoms with Gasteiger partial charge in [0, 0.05) is 22.3 Å². The van der Waals surface area contributed by atoms with E-state index in [4.69, 9.17) is 27.9 Å². The van der Waals surface area contributed by atoms with Crippen molar-refractivity contribution < 1.29 is 14.3 Å². The van der Waals surface area contributed by atoms with Crippen molar-refractivity contribution in [3.8, 4) is 0 Å². The Morgan fingerprint density at radius 3 is 2.52 bits per heavy atom. The molecule has 21 heavy (non-hydrogen) atoms. The molecule has 1 atom stereocenters. The number of rotatable bonds is 2. The number of carbonyl (C=O) groups is 2. The summed E-state index contributed by atoms with van der Waals surface area (Å²) in [4.78, 5) is 25.6. The normalized spacial score (nSPS) is 18.2. The number of halogens is 2. The molecule has 1 heterocycles. The van der Waals surface area contributed by atoms with Crippen molar-refractivity contribution in [1.82, 2.24) is 4.90 Å². The Balaban J connectivity index is 2.11. The molecule has 1 aromatic rings. The molecule has 1 aliphatic heterocycles. The summed E-state index contributed by atoms with van der Waals surface area (Å²) in [6, 6.07) is 3.88. The number of likely N-dealkylation sites (tertiary alicyclic amines) is 1. The number of anilines is 1. The quantitative estimate of drug-likeness (QED) is 0.843. The summed E-state index contributed by atoms with van der Waals surface area (Å²) in [6.07, 6.45) is 2.36. The highest BCUT2D eigenvalue weighted by Gasteiger charge is 2.32. The van der Waals surface area contributed by atoms with Crippen LogP contribution >= 0.6 is 23.2 Å². The number of urea groups is 1. The number of nitrogens with one attached hydrogen (secondary N) is 1. The minimum absolute atomic E-state index is 0.358. The van der Waals surface area contributed by atoms with Gasteiger partial charge in [0.1, 0.15) is 6.04 Å². The maximum Gasteiger partial charge on any atom is 0.328 e. The highest BCUT2D eigenvalue weighted by atomic mass is 35.5. The molecule has 1 unspecified atom stereocenters. The Morgan fingerprint density at radius 1 is 1.24 bits per heavy atom. The van der Waals surface area contributed by atoms with Crippen molar-refractivity contribution in [3.05, 3.63) is 28.2 Å². The number of benzene rings is 1. The van der Waals surface area contributed by atoms with E-state index >= 15 is 0 Å². The highest BCUT2D eigenvalue weighted by Crippen LogP contribution is 2.24. The van der Waals surface area contributed by atoms with E-state index < -0.39 is 12.0 Å². The van der Waals surface area contributed by atoms with E-state index in [0.717, 1.165) is 12.8 Å². The number of esters is 1. The van der Waals surface area contributed by atoms with Gasteiger partial charge in [-0.1, -0.05) is 23.2 Å². The van der Waals surface area contributed by atoms with Crippen LogP contribution in [0.1, 0.15) is 19.3 Å². The van der Waals surface area contributed by atoms with Gasteiger partial charge >= 0.3 is 12.0 Å². The monoisotopic (exact) mass is 330 g/mol. The Labute approximate surface area is 133 Å². The summed E-state index contributed by atoms with van der Waals surface area (Å²) in [5.74, 6) is -0.394. The van der Waals surface area contributed by atoms with Crippen molar-refractivity contribution >= 4 is 40.9 Å². The van der Waals surface area contributed by atoms with Crippen LogP contribution in [-0.2, 0) is 9.53 Å². The zero-order chi connectivity index (χ0) is 15.4. The number of nitrogens with zero attached hydrogens (tertiary/aromatic N) is 1. The van der Waals surface area contributed by atoms with Crippen LogP contribution in [0.3, 0.4) is 0 Å². The van der Waals surface area contributed by atoms with E-state index in [2.05, 4.69) is 5.32 Å². The number of carbonyl (C=O) groups excluding carboxylic acids is 2. The maximum atomic E-state index is 12.3. The number of piperidine rings is 1. The lowest BCUT2D eigenvalue weighted by Gasteiger charge is -2.33. The third kappa shape index (κ3) is 4.02. The van der Waals surface area contributed by atoms with Gasteiger partial charge in [0.15, 0.2) is 0 Å². The Bertz CT molecular complexity index is 531. The van der Waals surface area contributed by atoms with Crippen LogP contribution in [0.2, 0.25) is 10.0 Å². The van der Waals surface area contributed by atoms with E-state index in [1.807, 2.05) is 0 Å². The van der Waals surface area contributed by atoms with Gasteiger partial charge in [-0.2, -0.15) is 0 Å². The molecule has 0 spiro atoms.